The number of nitrogens with one attached hydrogen (secondary N) is 2. The van der Waals surface area contributed by atoms with Gasteiger partial charge in [0.15, 0.2) is 17.2 Å². The summed E-state index contributed by atoms with van der Waals surface area (Å²) in [5, 5.41) is 14.7. The van der Waals surface area contributed by atoms with Crippen molar-refractivity contribution in [3.05, 3.63) is 35.7 Å². The number of aromatic nitrogens is 3. The molecular formula is C20H27N5O3. The highest BCUT2D eigenvalue weighted by atomic mass is 16.6. The van der Waals surface area contributed by atoms with Crippen molar-refractivity contribution in [3.63, 3.8) is 0 Å². The molecule has 0 aliphatic carbocycles. The van der Waals surface area contributed by atoms with Gasteiger partial charge in [-0.25, -0.2) is 4.68 Å². The minimum absolute atomic E-state index is 0.160. The Hall–Kier alpha value is -2.61. The van der Waals surface area contributed by atoms with Gasteiger partial charge in [0.25, 0.3) is 5.91 Å². The zero-order valence-electron chi connectivity index (χ0n) is 16.4. The predicted octanol–water partition coefficient (Wildman–Crippen LogP) is 2.10. The summed E-state index contributed by atoms with van der Waals surface area (Å²) >= 11 is 0. The zero-order valence-corrected chi connectivity index (χ0v) is 16.4. The summed E-state index contributed by atoms with van der Waals surface area (Å²) in [5.74, 6) is 1.45. The van der Waals surface area contributed by atoms with Crippen LogP contribution in [0.3, 0.4) is 0 Å². The van der Waals surface area contributed by atoms with Crippen molar-refractivity contribution in [2.24, 2.45) is 5.92 Å². The highest BCUT2D eigenvalue weighted by Crippen LogP contribution is 2.34. The minimum Gasteiger partial charge on any atom is -0.486 e. The molecule has 0 bridgehead atoms. The van der Waals surface area contributed by atoms with Gasteiger partial charge in [0.1, 0.15) is 13.2 Å². The fourth-order valence-electron chi connectivity index (χ4n) is 3.73. The summed E-state index contributed by atoms with van der Waals surface area (Å²) in [5.41, 5.74) is 1.33. The van der Waals surface area contributed by atoms with Crippen LogP contribution in [0.25, 0.3) is 0 Å². The van der Waals surface area contributed by atoms with Crippen molar-refractivity contribution in [1.82, 2.24) is 25.6 Å². The van der Waals surface area contributed by atoms with E-state index < -0.39 is 0 Å². The Morgan fingerprint density at radius 1 is 1.21 bits per heavy atom. The van der Waals surface area contributed by atoms with Crippen LogP contribution in [0.1, 0.15) is 54.8 Å². The molecule has 0 saturated carbocycles. The molecule has 28 heavy (non-hydrogen) atoms. The molecular weight excluding hydrogens is 358 g/mol. The van der Waals surface area contributed by atoms with Crippen LogP contribution >= 0.6 is 0 Å². The second kappa shape index (κ2) is 8.18. The summed E-state index contributed by atoms with van der Waals surface area (Å²) in [6.07, 6.45) is 3.75. The van der Waals surface area contributed by atoms with Crippen LogP contribution in [0, 0.1) is 5.92 Å². The van der Waals surface area contributed by atoms with E-state index in [1.807, 2.05) is 22.9 Å². The molecule has 8 heteroatoms. The van der Waals surface area contributed by atoms with E-state index in [4.69, 9.17) is 9.47 Å². The lowest BCUT2D eigenvalue weighted by atomic mass is 9.95. The number of hydrogen-bond donors (Lipinski definition) is 2. The van der Waals surface area contributed by atoms with Crippen LogP contribution in [-0.2, 0) is 0 Å². The van der Waals surface area contributed by atoms with Gasteiger partial charge in [-0.05, 0) is 49.5 Å². The lowest BCUT2D eigenvalue weighted by Crippen LogP contribution is -2.32. The van der Waals surface area contributed by atoms with E-state index >= 15 is 0 Å². The number of fused-ring (bicyclic) bond motifs is 1. The molecule has 1 fully saturated rings. The molecule has 1 aromatic carbocycles. The third-order valence-corrected chi connectivity index (χ3v) is 5.30. The van der Waals surface area contributed by atoms with Crippen molar-refractivity contribution in [2.45, 2.75) is 38.8 Å². The van der Waals surface area contributed by atoms with E-state index in [1.54, 1.807) is 6.20 Å². The molecule has 2 aliphatic heterocycles. The van der Waals surface area contributed by atoms with E-state index in [9.17, 15) is 4.79 Å². The third-order valence-electron chi connectivity index (χ3n) is 5.30. The highest BCUT2D eigenvalue weighted by molar-refractivity contribution is 5.92. The molecule has 1 amide bonds. The van der Waals surface area contributed by atoms with Crippen molar-refractivity contribution in [2.75, 3.05) is 26.3 Å². The van der Waals surface area contributed by atoms with Gasteiger partial charge in [-0.1, -0.05) is 25.1 Å². The topological polar surface area (TPSA) is 90.3 Å². The van der Waals surface area contributed by atoms with Crippen LogP contribution in [-0.4, -0.2) is 47.2 Å². The summed E-state index contributed by atoms with van der Waals surface area (Å²) in [6, 6.07) is 5.97. The largest absolute Gasteiger partial charge is 0.486 e. The normalized spacial score (nSPS) is 18.1. The highest BCUT2D eigenvalue weighted by Gasteiger charge is 2.24. The molecule has 0 radical (unpaired) electrons. The van der Waals surface area contributed by atoms with Crippen LogP contribution in [0.5, 0.6) is 11.5 Å². The van der Waals surface area contributed by atoms with E-state index in [-0.39, 0.29) is 17.9 Å². The lowest BCUT2D eigenvalue weighted by molar-refractivity contribution is 0.0920. The number of hydrogen-bond acceptors (Lipinski definition) is 6. The molecule has 1 aromatic heterocycles. The number of carbonyl (C=O) groups is 1. The number of amides is 1. The first-order valence-electron chi connectivity index (χ1n) is 9.95. The van der Waals surface area contributed by atoms with Crippen LogP contribution in [0.15, 0.2) is 24.4 Å². The van der Waals surface area contributed by atoms with Gasteiger partial charge in [-0.2, -0.15) is 0 Å². The first-order chi connectivity index (χ1) is 13.6. The molecule has 3 heterocycles. The van der Waals surface area contributed by atoms with E-state index in [2.05, 4.69) is 34.8 Å². The molecule has 2 N–H and O–H groups in total. The van der Waals surface area contributed by atoms with Gasteiger partial charge in [-0.15, -0.1) is 5.10 Å². The number of benzene rings is 1. The van der Waals surface area contributed by atoms with Crippen molar-refractivity contribution < 1.29 is 14.3 Å². The Balaban J connectivity index is 1.49. The number of carbonyl (C=O) groups excluding carboxylic acids is 1. The fraction of sp³-hybridized carbons (Fsp3) is 0.550. The van der Waals surface area contributed by atoms with Crippen LogP contribution in [0.2, 0.25) is 0 Å². The van der Waals surface area contributed by atoms with Crippen molar-refractivity contribution >= 4 is 5.91 Å². The van der Waals surface area contributed by atoms with E-state index in [0.29, 0.717) is 24.9 Å². The number of ether oxygens (including phenoxy) is 2. The van der Waals surface area contributed by atoms with E-state index in [0.717, 1.165) is 43.0 Å². The maximum atomic E-state index is 12.8. The monoisotopic (exact) mass is 385 g/mol. The number of rotatable bonds is 5. The smallest absolute Gasteiger partial charge is 0.273 e. The summed E-state index contributed by atoms with van der Waals surface area (Å²) in [6.45, 7) is 7.18. The quantitative estimate of drug-likeness (QED) is 0.819. The average molecular weight is 385 g/mol. The molecule has 1 saturated heterocycles. The predicted molar refractivity (Wildman–Crippen MR) is 104 cm³/mol. The van der Waals surface area contributed by atoms with Gasteiger partial charge in [0.05, 0.1) is 18.3 Å². The summed E-state index contributed by atoms with van der Waals surface area (Å²) in [4.78, 5) is 12.8. The van der Waals surface area contributed by atoms with Crippen molar-refractivity contribution in [3.8, 4) is 11.5 Å². The zero-order chi connectivity index (χ0) is 19.5. The first-order valence-corrected chi connectivity index (χ1v) is 9.95. The Labute approximate surface area is 164 Å². The Morgan fingerprint density at radius 2 is 1.96 bits per heavy atom. The summed E-state index contributed by atoms with van der Waals surface area (Å²) < 4.78 is 13.1. The molecule has 150 valence electrons. The molecule has 4 rings (SSSR count). The minimum atomic E-state index is -0.214. The second-order valence-corrected chi connectivity index (χ2v) is 7.66. The van der Waals surface area contributed by atoms with Crippen LogP contribution < -0.4 is 20.1 Å². The van der Waals surface area contributed by atoms with E-state index in [1.165, 1.54) is 0 Å². The average Bonchev–Trinajstić information content (AvgIpc) is 3.22. The molecule has 1 unspecified atom stereocenters. The van der Waals surface area contributed by atoms with Gasteiger partial charge < -0.3 is 20.1 Å². The fourth-order valence-corrected chi connectivity index (χ4v) is 3.73. The Kier molecular flexibility index (Phi) is 5.47. The molecule has 0 spiro atoms. The maximum Gasteiger partial charge on any atom is 0.273 e. The van der Waals surface area contributed by atoms with Gasteiger partial charge in [-0.3, -0.25) is 4.79 Å². The van der Waals surface area contributed by atoms with Crippen LogP contribution in [0.4, 0.5) is 0 Å². The third kappa shape index (κ3) is 3.96. The molecule has 2 aliphatic rings. The van der Waals surface area contributed by atoms with Gasteiger partial charge in [0.2, 0.25) is 0 Å². The number of piperidine rings is 1. The SMILES string of the molecule is CC(C)C(NC(=O)c1cn(C2CCNCC2)nn1)c1ccc2c(c1)OCCO2. The number of nitrogens with zero attached hydrogens (tertiary/aromatic N) is 3. The molecule has 1 atom stereocenters. The maximum absolute atomic E-state index is 12.8. The molecule has 8 nitrogen and oxygen atoms in total. The second-order valence-electron chi connectivity index (χ2n) is 7.66. The lowest BCUT2D eigenvalue weighted by Gasteiger charge is -2.25. The van der Waals surface area contributed by atoms with Crippen molar-refractivity contribution in [1.29, 1.82) is 0 Å². The Morgan fingerprint density at radius 3 is 2.71 bits per heavy atom. The summed E-state index contributed by atoms with van der Waals surface area (Å²) in [7, 11) is 0. The van der Waals surface area contributed by atoms with Gasteiger partial charge >= 0.3 is 0 Å². The Bertz CT molecular complexity index is 829. The standard InChI is InChI=1S/C20H27N5O3/c1-13(2)19(14-3-4-17-18(11-14)28-10-9-27-17)22-20(26)16-12-25(24-23-16)15-5-7-21-8-6-15/h3-4,11-13,15,19,21H,5-10H2,1-2H3,(H,22,26). The first kappa shape index (κ1) is 18.7. The van der Waals surface area contributed by atoms with Gasteiger partial charge in [0, 0.05) is 0 Å². The molecule has 2 aromatic rings.